The molecule has 116 valence electrons. The number of hydrogen-bond acceptors (Lipinski definition) is 3. The molecule has 1 atom stereocenters. The Morgan fingerprint density at radius 2 is 1.95 bits per heavy atom. The number of hydrogen-bond donors (Lipinski definition) is 0. The van der Waals surface area contributed by atoms with Gasteiger partial charge in [0.15, 0.2) is 11.5 Å². The third kappa shape index (κ3) is 3.49. The summed E-state index contributed by atoms with van der Waals surface area (Å²) in [6, 6.07) is 6.14. The van der Waals surface area contributed by atoms with Gasteiger partial charge < -0.3 is 14.4 Å². The van der Waals surface area contributed by atoms with Crippen molar-refractivity contribution in [1.29, 1.82) is 0 Å². The van der Waals surface area contributed by atoms with Crippen LogP contribution in [-0.2, 0) is 11.2 Å². The minimum absolute atomic E-state index is 0.155. The number of fused-ring (bicyclic) bond motifs is 1. The van der Waals surface area contributed by atoms with Crippen molar-refractivity contribution in [3.8, 4) is 11.5 Å². The normalized spacial score (nSPS) is 14.9. The van der Waals surface area contributed by atoms with Gasteiger partial charge in [0.2, 0.25) is 12.7 Å². The third-order valence-electron chi connectivity index (χ3n) is 3.74. The van der Waals surface area contributed by atoms with Gasteiger partial charge in [0.05, 0.1) is 0 Å². The van der Waals surface area contributed by atoms with Crippen molar-refractivity contribution in [2.24, 2.45) is 5.41 Å². The third-order valence-corrected chi connectivity index (χ3v) is 3.74. The summed E-state index contributed by atoms with van der Waals surface area (Å²) < 4.78 is 10.7. The number of benzene rings is 1. The Morgan fingerprint density at radius 3 is 2.57 bits per heavy atom. The molecule has 0 N–H and O–H groups in total. The van der Waals surface area contributed by atoms with Crippen LogP contribution in [0.15, 0.2) is 18.2 Å². The van der Waals surface area contributed by atoms with Crippen LogP contribution < -0.4 is 9.47 Å². The van der Waals surface area contributed by atoms with Crippen LogP contribution >= 0.6 is 0 Å². The molecule has 1 heterocycles. The van der Waals surface area contributed by atoms with Crippen molar-refractivity contribution in [2.75, 3.05) is 13.3 Å². The Labute approximate surface area is 127 Å². The van der Waals surface area contributed by atoms with Gasteiger partial charge in [0.1, 0.15) is 0 Å². The molecule has 0 saturated carbocycles. The Hall–Kier alpha value is -1.71. The number of carbonyl (C=O) groups excluding carboxylic acids is 1. The van der Waals surface area contributed by atoms with Crippen LogP contribution in [0.3, 0.4) is 0 Å². The van der Waals surface area contributed by atoms with Gasteiger partial charge in [-0.3, -0.25) is 4.79 Å². The summed E-state index contributed by atoms with van der Waals surface area (Å²) in [6.45, 7) is 11.0. The molecule has 0 saturated heterocycles. The fraction of sp³-hybridized carbons (Fsp3) is 0.588. The van der Waals surface area contributed by atoms with Crippen LogP contribution in [0, 0.1) is 5.41 Å². The molecule has 1 amide bonds. The summed E-state index contributed by atoms with van der Waals surface area (Å²) in [5.41, 5.74) is 0.811. The molecule has 0 spiro atoms. The summed E-state index contributed by atoms with van der Waals surface area (Å²) >= 11 is 0. The second-order valence-electron chi connectivity index (χ2n) is 6.58. The van der Waals surface area contributed by atoms with Gasteiger partial charge in [-0.2, -0.15) is 0 Å². The van der Waals surface area contributed by atoms with E-state index >= 15 is 0 Å². The average molecular weight is 291 g/mol. The van der Waals surface area contributed by atoms with E-state index in [-0.39, 0.29) is 24.2 Å². The predicted octanol–water partition coefficient (Wildman–Crippen LogP) is 3.24. The molecule has 4 nitrogen and oxygen atoms in total. The summed E-state index contributed by atoms with van der Waals surface area (Å²) in [4.78, 5) is 14.4. The highest BCUT2D eigenvalue weighted by atomic mass is 16.7. The minimum Gasteiger partial charge on any atom is -0.454 e. The average Bonchev–Trinajstić information content (AvgIpc) is 2.85. The van der Waals surface area contributed by atoms with Crippen molar-refractivity contribution < 1.29 is 14.3 Å². The van der Waals surface area contributed by atoms with Gasteiger partial charge in [-0.25, -0.2) is 0 Å². The molecule has 0 bridgehead atoms. The van der Waals surface area contributed by atoms with E-state index in [2.05, 4.69) is 6.92 Å². The molecule has 0 unspecified atom stereocenters. The molecule has 4 heteroatoms. The molecule has 0 radical (unpaired) electrons. The predicted molar refractivity (Wildman–Crippen MR) is 82.6 cm³/mol. The maximum Gasteiger partial charge on any atom is 0.231 e. The standard InChI is InChI=1S/C17H25NO3/c1-6-18(16(19)17(3,4)5)12(2)9-13-7-8-14-15(10-13)21-11-20-14/h7-8,10,12H,6,9,11H2,1-5H3/t12-/m0/s1. The second kappa shape index (κ2) is 5.96. The van der Waals surface area contributed by atoms with E-state index in [1.165, 1.54) is 0 Å². The summed E-state index contributed by atoms with van der Waals surface area (Å²) in [6.07, 6.45) is 0.812. The van der Waals surface area contributed by atoms with Crippen molar-refractivity contribution in [1.82, 2.24) is 4.90 Å². The van der Waals surface area contributed by atoms with Crippen molar-refractivity contribution in [3.05, 3.63) is 23.8 Å². The van der Waals surface area contributed by atoms with Crippen LogP contribution in [-0.4, -0.2) is 30.2 Å². The monoisotopic (exact) mass is 291 g/mol. The highest BCUT2D eigenvalue weighted by molar-refractivity contribution is 5.81. The van der Waals surface area contributed by atoms with Crippen molar-refractivity contribution in [3.63, 3.8) is 0 Å². The Kier molecular flexibility index (Phi) is 4.45. The Balaban J connectivity index is 2.09. The minimum atomic E-state index is -0.348. The molecule has 1 aromatic carbocycles. The zero-order valence-electron chi connectivity index (χ0n) is 13.6. The highest BCUT2D eigenvalue weighted by Crippen LogP contribution is 2.33. The molecule has 0 aliphatic carbocycles. The number of rotatable bonds is 4. The first-order valence-corrected chi connectivity index (χ1v) is 7.52. The number of amides is 1. The topological polar surface area (TPSA) is 38.8 Å². The van der Waals surface area contributed by atoms with Crippen LogP contribution in [0.1, 0.15) is 40.2 Å². The smallest absolute Gasteiger partial charge is 0.231 e. The zero-order chi connectivity index (χ0) is 15.6. The first-order valence-electron chi connectivity index (χ1n) is 7.52. The summed E-state index contributed by atoms with van der Waals surface area (Å²) in [7, 11) is 0. The molecule has 21 heavy (non-hydrogen) atoms. The molecule has 0 aromatic heterocycles. The van der Waals surface area contributed by atoms with Crippen LogP contribution in [0.4, 0.5) is 0 Å². The van der Waals surface area contributed by atoms with Gasteiger partial charge >= 0.3 is 0 Å². The molecule has 0 fully saturated rings. The number of likely N-dealkylation sites (N-methyl/N-ethyl adjacent to an activating group) is 1. The van der Waals surface area contributed by atoms with Gasteiger partial charge in [0.25, 0.3) is 0 Å². The maximum atomic E-state index is 12.5. The fourth-order valence-electron chi connectivity index (χ4n) is 2.61. The van der Waals surface area contributed by atoms with Gasteiger partial charge in [0, 0.05) is 18.0 Å². The first-order chi connectivity index (χ1) is 9.82. The lowest BCUT2D eigenvalue weighted by atomic mass is 9.93. The number of carbonyl (C=O) groups is 1. The second-order valence-corrected chi connectivity index (χ2v) is 6.58. The Morgan fingerprint density at radius 1 is 1.29 bits per heavy atom. The molecular formula is C17H25NO3. The van der Waals surface area contributed by atoms with Crippen molar-refractivity contribution >= 4 is 5.91 Å². The highest BCUT2D eigenvalue weighted by Gasteiger charge is 2.29. The quantitative estimate of drug-likeness (QED) is 0.855. The van der Waals surface area contributed by atoms with Gasteiger partial charge in [-0.15, -0.1) is 0 Å². The molecule has 2 rings (SSSR count). The van der Waals surface area contributed by atoms with Gasteiger partial charge in [-0.05, 0) is 38.0 Å². The lowest BCUT2D eigenvalue weighted by Crippen LogP contribution is -2.45. The SMILES string of the molecule is CCN(C(=O)C(C)(C)C)[C@@H](C)Cc1ccc2c(c1)OCO2. The molecule has 1 aliphatic rings. The van der Waals surface area contributed by atoms with E-state index in [0.717, 1.165) is 30.0 Å². The molecule has 1 aromatic rings. The largest absolute Gasteiger partial charge is 0.454 e. The van der Waals surface area contributed by atoms with Gasteiger partial charge in [-0.1, -0.05) is 26.8 Å². The van der Waals surface area contributed by atoms with E-state index in [9.17, 15) is 4.79 Å². The lowest BCUT2D eigenvalue weighted by molar-refractivity contribution is -0.141. The number of ether oxygens (including phenoxy) is 2. The van der Waals surface area contributed by atoms with E-state index < -0.39 is 0 Å². The van der Waals surface area contributed by atoms with Crippen LogP contribution in [0.2, 0.25) is 0 Å². The van der Waals surface area contributed by atoms with Crippen molar-refractivity contribution in [2.45, 2.75) is 47.1 Å². The zero-order valence-corrected chi connectivity index (χ0v) is 13.6. The molecule has 1 aliphatic heterocycles. The summed E-state index contributed by atoms with van der Waals surface area (Å²) in [5.74, 6) is 1.78. The Bertz CT molecular complexity index is 519. The molecular weight excluding hydrogens is 266 g/mol. The first kappa shape index (κ1) is 15.7. The van der Waals surface area contributed by atoms with Crippen LogP contribution in [0.25, 0.3) is 0 Å². The van der Waals surface area contributed by atoms with E-state index in [1.54, 1.807) is 0 Å². The maximum absolute atomic E-state index is 12.5. The number of nitrogens with zero attached hydrogens (tertiary/aromatic N) is 1. The van der Waals surface area contributed by atoms with Crippen LogP contribution in [0.5, 0.6) is 11.5 Å². The summed E-state index contributed by atoms with van der Waals surface area (Å²) in [5, 5.41) is 0. The van der Waals surface area contributed by atoms with E-state index in [4.69, 9.17) is 9.47 Å². The van der Waals surface area contributed by atoms with E-state index in [1.807, 2.05) is 50.8 Å². The fourth-order valence-corrected chi connectivity index (χ4v) is 2.61. The van der Waals surface area contributed by atoms with E-state index in [0.29, 0.717) is 0 Å². The lowest BCUT2D eigenvalue weighted by Gasteiger charge is -2.33.